The zero-order valence-corrected chi connectivity index (χ0v) is 22.7. The second kappa shape index (κ2) is 14.2. The molecule has 2 aliphatic rings. The van der Waals surface area contributed by atoms with Crippen LogP contribution >= 0.6 is 0 Å². The molecule has 2 aliphatic carbocycles. The van der Waals surface area contributed by atoms with Gasteiger partial charge in [-0.05, 0) is 61.1 Å². The van der Waals surface area contributed by atoms with E-state index in [1.165, 1.54) is 77.0 Å². The molecule has 6 heteroatoms. The summed E-state index contributed by atoms with van der Waals surface area (Å²) in [5.74, 6) is 3.70. The van der Waals surface area contributed by atoms with Gasteiger partial charge in [0.2, 0.25) is 0 Å². The highest BCUT2D eigenvalue weighted by Crippen LogP contribution is 2.34. The Morgan fingerprint density at radius 2 is 0.921 bits per heavy atom. The van der Waals surface area contributed by atoms with Crippen molar-refractivity contribution in [2.75, 3.05) is 13.2 Å². The van der Waals surface area contributed by atoms with Crippen molar-refractivity contribution in [2.24, 2.45) is 11.8 Å². The molecule has 3 heterocycles. The molecule has 0 unspecified atom stereocenters. The third-order valence-electron chi connectivity index (χ3n) is 7.61. The summed E-state index contributed by atoms with van der Waals surface area (Å²) in [4.78, 5) is 9.04. The number of nitrogens with zero attached hydrogens (tertiary/aromatic N) is 4. The average molecular weight is 515 g/mol. The van der Waals surface area contributed by atoms with E-state index in [-0.39, 0.29) is 0 Å². The zero-order chi connectivity index (χ0) is 25.8. The Kier molecular flexibility index (Phi) is 9.95. The SMILES string of the molecule is c1cc(-c2ccc(-c3ccc(OCCCCCCC4CC4)cn3)nn2)ncc1OCCCCCCC1CC1. The molecule has 3 aromatic heterocycles. The molecule has 38 heavy (non-hydrogen) atoms. The molecule has 202 valence electrons. The molecule has 0 spiro atoms. The molecule has 5 rings (SSSR count). The Hall–Kier alpha value is -3.02. The number of hydrogen-bond acceptors (Lipinski definition) is 6. The smallest absolute Gasteiger partial charge is 0.137 e. The number of ether oxygens (including phenoxy) is 2. The van der Waals surface area contributed by atoms with Crippen LogP contribution in [-0.4, -0.2) is 33.4 Å². The zero-order valence-electron chi connectivity index (χ0n) is 22.7. The van der Waals surface area contributed by atoms with Crippen LogP contribution in [0.2, 0.25) is 0 Å². The lowest BCUT2D eigenvalue weighted by Crippen LogP contribution is -1.99. The summed E-state index contributed by atoms with van der Waals surface area (Å²) in [6.07, 6.45) is 22.3. The molecule has 3 aromatic rings. The molecular weight excluding hydrogens is 472 g/mol. The number of pyridine rings is 2. The summed E-state index contributed by atoms with van der Waals surface area (Å²) >= 11 is 0. The number of aromatic nitrogens is 4. The fourth-order valence-electron chi connectivity index (χ4n) is 4.81. The van der Waals surface area contributed by atoms with Gasteiger partial charge in [-0.1, -0.05) is 77.0 Å². The van der Waals surface area contributed by atoms with E-state index < -0.39 is 0 Å². The van der Waals surface area contributed by atoms with Crippen molar-refractivity contribution < 1.29 is 9.47 Å². The summed E-state index contributed by atoms with van der Waals surface area (Å²) in [7, 11) is 0. The highest BCUT2D eigenvalue weighted by Gasteiger charge is 2.20. The molecule has 2 fully saturated rings. The summed E-state index contributed by atoms with van der Waals surface area (Å²) in [6.45, 7) is 1.49. The Bertz CT molecular complexity index is 989. The minimum absolute atomic E-state index is 0.730. The molecule has 0 aliphatic heterocycles. The molecule has 6 nitrogen and oxygen atoms in total. The maximum Gasteiger partial charge on any atom is 0.137 e. The van der Waals surface area contributed by atoms with Crippen LogP contribution in [0.4, 0.5) is 0 Å². The minimum atomic E-state index is 0.730. The van der Waals surface area contributed by atoms with Crippen LogP contribution in [0, 0.1) is 11.8 Å². The average Bonchev–Trinajstić information content (AvgIpc) is 3.89. The molecule has 0 radical (unpaired) electrons. The first kappa shape index (κ1) is 26.6. The third kappa shape index (κ3) is 9.07. The normalized spacial score (nSPS) is 14.9. The topological polar surface area (TPSA) is 70.0 Å². The van der Waals surface area contributed by atoms with Crippen LogP contribution in [0.25, 0.3) is 22.8 Å². The van der Waals surface area contributed by atoms with Gasteiger partial charge in [0.05, 0.1) is 37.0 Å². The Labute approximate surface area is 227 Å². The van der Waals surface area contributed by atoms with Crippen molar-refractivity contribution in [3.8, 4) is 34.3 Å². The first-order valence-corrected chi connectivity index (χ1v) is 14.9. The molecule has 0 atom stereocenters. The molecule has 0 saturated heterocycles. The third-order valence-corrected chi connectivity index (χ3v) is 7.61. The fraction of sp³-hybridized carbons (Fsp3) is 0.562. The summed E-state index contributed by atoms with van der Waals surface area (Å²) < 4.78 is 11.7. The van der Waals surface area contributed by atoms with Crippen LogP contribution < -0.4 is 9.47 Å². The van der Waals surface area contributed by atoms with Crippen LogP contribution in [-0.2, 0) is 0 Å². The van der Waals surface area contributed by atoms with Crippen LogP contribution in [0.3, 0.4) is 0 Å². The number of unbranched alkanes of at least 4 members (excludes halogenated alkanes) is 6. The monoisotopic (exact) mass is 514 g/mol. The lowest BCUT2D eigenvalue weighted by atomic mass is 10.1. The summed E-state index contributed by atoms with van der Waals surface area (Å²) in [5, 5.41) is 8.75. The van der Waals surface area contributed by atoms with E-state index in [1.807, 2.05) is 36.4 Å². The molecule has 0 amide bonds. The van der Waals surface area contributed by atoms with Crippen molar-refractivity contribution in [3.63, 3.8) is 0 Å². The van der Waals surface area contributed by atoms with E-state index >= 15 is 0 Å². The maximum absolute atomic E-state index is 5.86. The summed E-state index contributed by atoms with van der Waals surface area (Å²) in [5.41, 5.74) is 3.02. The van der Waals surface area contributed by atoms with Gasteiger partial charge in [-0.25, -0.2) is 0 Å². The van der Waals surface area contributed by atoms with Gasteiger partial charge in [-0.15, -0.1) is 10.2 Å². The van der Waals surface area contributed by atoms with Crippen LogP contribution in [0.15, 0.2) is 48.8 Å². The van der Waals surface area contributed by atoms with Gasteiger partial charge in [0, 0.05) is 0 Å². The molecule has 0 bridgehead atoms. The Balaban J connectivity index is 0.998. The van der Waals surface area contributed by atoms with Gasteiger partial charge < -0.3 is 9.47 Å². The van der Waals surface area contributed by atoms with Gasteiger partial charge >= 0.3 is 0 Å². The molecule has 0 aromatic carbocycles. The van der Waals surface area contributed by atoms with Gasteiger partial charge in [-0.2, -0.15) is 0 Å². The summed E-state index contributed by atoms with van der Waals surface area (Å²) in [6, 6.07) is 11.7. The molecule has 0 N–H and O–H groups in total. The maximum atomic E-state index is 5.86. The fourth-order valence-corrected chi connectivity index (χ4v) is 4.81. The molecular formula is C32H42N4O2. The van der Waals surface area contributed by atoms with Crippen molar-refractivity contribution in [3.05, 3.63) is 48.8 Å². The van der Waals surface area contributed by atoms with Crippen molar-refractivity contribution in [2.45, 2.75) is 89.9 Å². The predicted molar refractivity (Wildman–Crippen MR) is 151 cm³/mol. The standard InChI is InChI=1S/C32H42N4O2/c1(5-9-25-11-12-25)3-7-21-37-27-15-17-29(33-23-27)31-19-20-32(36-35-31)30-18-16-28(24-34-30)38-22-8-4-2-6-10-26-13-14-26/h15-20,23-26H,1-14,21-22H2. The van der Waals surface area contributed by atoms with Gasteiger partial charge in [0.1, 0.15) is 22.9 Å². The van der Waals surface area contributed by atoms with Crippen LogP contribution in [0.5, 0.6) is 11.5 Å². The van der Waals surface area contributed by atoms with Crippen molar-refractivity contribution in [1.82, 2.24) is 20.2 Å². The highest BCUT2D eigenvalue weighted by atomic mass is 16.5. The van der Waals surface area contributed by atoms with Gasteiger partial charge in [0.15, 0.2) is 0 Å². The van der Waals surface area contributed by atoms with E-state index in [9.17, 15) is 0 Å². The molecule has 2 saturated carbocycles. The second-order valence-corrected chi connectivity index (χ2v) is 11.1. The number of rotatable bonds is 18. The van der Waals surface area contributed by atoms with E-state index in [0.717, 1.165) is 72.2 Å². The largest absolute Gasteiger partial charge is 0.492 e. The minimum Gasteiger partial charge on any atom is -0.492 e. The predicted octanol–water partition coefficient (Wildman–Crippen LogP) is 8.08. The van der Waals surface area contributed by atoms with Gasteiger partial charge in [-0.3, -0.25) is 9.97 Å². The lowest BCUT2D eigenvalue weighted by Gasteiger charge is -2.07. The first-order chi connectivity index (χ1) is 18.8. The highest BCUT2D eigenvalue weighted by molar-refractivity contribution is 5.59. The lowest BCUT2D eigenvalue weighted by molar-refractivity contribution is 0.303. The number of hydrogen-bond donors (Lipinski definition) is 0. The van der Waals surface area contributed by atoms with E-state index in [4.69, 9.17) is 9.47 Å². The van der Waals surface area contributed by atoms with Gasteiger partial charge in [0.25, 0.3) is 0 Å². The Morgan fingerprint density at radius 3 is 1.29 bits per heavy atom. The Morgan fingerprint density at radius 1 is 0.500 bits per heavy atom. The van der Waals surface area contributed by atoms with Crippen molar-refractivity contribution in [1.29, 1.82) is 0 Å². The first-order valence-electron chi connectivity index (χ1n) is 14.9. The quantitative estimate of drug-likeness (QED) is 0.160. The van der Waals surface area contributed by atoms with E-state index in [2.05, 4.69) is 20.2 Å². The van der Waals surface area contributed by atoms with Crippen molar-refractivity contribution >= 4 is 0 Å². The van der Waals surface area contributed by atoms with E-state index in [1.54, 1.807) is 12.4 Å². The van der Waals surface area contributed by atoms with E-state index in [0.29, 0.717) is 0 Å². The second-order valence-electron chi connectivity index (χ2n) is 11.1. The van der Waals surface area contributed by atoms with Crippen LogP contribution in [0.1, 0.15) is 89.9 Å².